The molecule has 0 aromatic carbocycles. The van der Waals surface area contributed by atoms with Crippen molar-refractivity contribution in [2.24, 2.45) is 130 Å². The Morgan fingerprint density at radius 2 is 1.12 bits per heavy atom. The quantitative estimate of drug-likeness (QED) is 0.159. The van der Waals surface area contributed by atoms with Gasteiger partial charge in [0.2, 0.25) is 6.29 Å². The molecule has 65 heavy (non-hydrogen) atoms. The Morgan fingerprint density at radius 3 is 1.69 bits per heavy atom. The van der Waals surface area contributed by atoms with Crippen molar-refractivity contribution in [3.8, 4) is 0 Å². The minimum absolute atomic E-state index is 0.0296. The van der Waals surface area contributed by atoms with Crippen molar-refractivity contribution in [2.45, 2.75) is 65.1 Å². The zero-order valence-electron chi connectivity index (χ0n) is 36.2. The first-order valence-corrected chi connectivity index (χ1v) is 23.2. The third-order valence-corrected chi connectivity index (χ3v) is 18.5. The predicted octanol–water partition coefficient (Wildman–Crippen LogP) is 1.34. The van der Waals surface area contributed by atoms with Crippen LogP contribution in [0.3, 0.4) is 0 Å². The Bertz CT molecular complexity index is 2110. The zero-order valence-corrected chi connectivity index (χ0v) is 36.2. The maximum absolute atomic E-state index is 14.6. The van der Waals surface area contributed by atoms with Gasteiger partial charge in [-0.05, 0) is 110 Å². The van der Waals surface area contributed by atoms with Gasteiger partial charge in [-0.2, -0.15) is 0 Å². The van der Waals surface area contributed by atoms with Gasteiger partial charge in [-0.1, -0.05) is 13.8 Å². The van der Waals surface area contributed by atoms with Crippen LogP contribution in [0.25, 0.3) is 0 Å². The number of carboxylic acids is 1. The molecule has 6 bridgehead atoms. The molecule has 4 aliphatic heterocycles. The fraction of sp³-hybridized carbons (Fsp3) is 0.783. The lowest BCUT2D eigenvalue weighted by atomic mass is 9.53. The molecule has 6 saturated carbocycles. The van der Waals surface area contributed by atoms with Crippen LogP contribution in [-0.2, 0) is 81.1 Å². The van der Waals surface area contributed by atoms with Gasteiger partial charge in [-0.3, -0.25) is 47.9 Å². The minimum atomic E-state index is -1.45. The number of aliphatic hydroxyl groups excluding tert-OH is 1. The first-order chi connectivity index (χ1) is 31.1. The fourth-order valence-corrected chi connectivity index (χ4v) is 16.5. The second-order valence-corrected chi connectivity index (χ2v) is 20.6. The van der Waals surface area contributed by atoms with Gasteiger partial charge in [0.25, 0.3) is 0 Å². The maximum Gasteiger partial charge on any atom is 0.317 e. The Labute approximate surface area is 372 Å². The highest BCUT2D eigenvalue weighted by atomic mass is 16.7. The van der Waals surface area contributed by atoms with Gasteiger partial charge in [0.15, 0.2) is 0 Å². The van der Waals surface area contributed by atoms with Crippen LogP contribution in [-0.4, -0.2) is 103 Å². The third-order valence-electron chi connectivity index (χ3n) is 18.5. The van der Waals surface area contributed by atoms with Crippen molar-refractivity contribution < 1.29 is 91.3 Å². The van der Waals surface area contributed by atoms with E-state index in [1.165, 1.54) is 6.92 Å². The van der Waals surface area contributed by atoms with Gasteiger partial charge in [-0.25, -0.2) is 0 Å². The van der Waals surface area contributed by atoms with Gasteiger partial charge in [-0.15, -0.1) is 0 Å². The van der Waals surface area contributed by atoms with E-state index in [9.17, 15) is 58.2 Å². The molecule has 10 fully saturated rings. The van der Waals surface area contributed by atoms with Crippen LogP contribution >= 0.6 is 0 Å². The molecule has 0 amide bonds. The van der Waals surface area contributed by atoms with Crippen molar-refractivity contribution in [3.63, 3.8) is 0 Å². The number of carbonyl (C=O) groups excluding carboxylic acids is 9. The molecule has 10 aliphatic rings. The Kier molecular flexibility index (Phi) is 11.0. The monoisotopic (exact) mass is 910 g/mol. The smallest absolute Gasteiger partial charge is 0.317 e. The van der Waals surface area contributed by atoms with Crippen molar-refractivity contribution in [2.75, 3.05) is 26.9 Å². The normalized spacial score (nSPS) is 48.0. The van der Waals surface area contributed by atoms with Crippen LogP contribution in [0, 0.1) is 130 Å². The molecule has 19 heteroatoms. The number of ether oxygens (including phenoxy) is 7. The number of carboxylic acid groups (broad SMARTS) is 1. The van der Waals surface area contributed by atoms with Crippen molar-refractivity contribution in [3.05, 3.63) is 0 Å². The maximum atomic E-state index is 14.6. The molecule has 4 saturated heterocycles. The van der Waals surface area contributed by atoms with Crippen molar-refractivity contribution in [1.82, 2.24) is 0 Å². The second-order valence-electron chi connectivity index (χ2n) is 20.6. The molecule has 2 N–H and O–H groups in total. The summed E-state index contributed by atoms with van der Waals surface area (Å²) in [6, 6.07) is 0. The predicted molar refractivity (Wildman–Crippen MR) is 207 cm³/mol. The molecule has 4 heterocycles. The molecule has 0 radical (unpaired) electrons. The lowest BCUT2D eigenvalue weighted by molar-refractivity contribution is -0.179. The third kappa shape index (κ3) is 6.54. The highest BCUT2D eigenvalue weighted by Gasteiger charge is 2.75. The van der Waals surface area contributed by atoms with E-state index in [1.54, 1.807) is 0 Å². The van der Waals surface area contributed by atoms with Crippen LogP contribution in [0.1, 0.15) is 58.8 Å². The van der Waals surface area contributed by atoms with E-state index in [0.29, 0.717) is 25.9 Å². The lowest BCUT2D eigenvalue weighted by Gasteiger charge is -2.46. The lowest BCUT2D eigenvalue weighted by Crippen LogP contribution is -2.53. The Morgan fingerprint density at radius 1 is 0.600 bits per heavy atom. The van der Waals surface area contributed by atoms with Gasteiger partial charge < -0.3 is 43.4 Å². The van der Waals surface area contributed by atoms with E-state index in [1.807, 2.05) is 6.92 Å². The summed E-state index contributed by atoms with van der Waals surface area (Å²) in [4.78, 5) is 138. The number of aliphatic carboxylic acids is 1. The molecule has 23 unspecified atom stereocenters. The first kappa shape index (κ1) is 44.1. The summed E-state index contributed by atoms with van der Waals surface area (Å²) in [6.45, 7) is 3.17. The number of cyclic esters (lactones) is 6. The van der Waals surface area contributed by atoms with Crippen LogP contribution in [0.15, 0.2) is 0 Å². The summed E-state index contributed by atoms with van der Waals surface area (Å²) in [6.07, 6.45) is 2.31. The molecule has 6 aliphatic carbocycles. The van der Waals surface area contributed by atoms with E-state index in [4.69, 9.17) is 33.2 Å². The average Bonchev–Trinajstić information content (AvgIpc) is 4.13. The Hall–Kier alpha value is -4.78. The minimum Gasteiger partial charge on any atom is -0.481 e. The van der Waals surface area contributed by atoms with E-state index in [2.05, 4.69) is 0 Å². The summed E-state index contributed by atoms with van der Waals surface area (Å²) in [5.41, 5.74) is 0. The van der Waals surface area contributed by atoms with Crippen LogP contribution in [0.5, 0.6) is 0 Å². The topological polar surface area (TPSA) is 276 Å². The summed E-state index contributed by atoms with van der Waals surface area (Å²) < 4.78 is 38.0. The van der Waals surface area contributed by atoms with E-state index in [0.717, 1.165) is 13.5 Å². The number of esters is 9. The fourth-order valence-electron chi connectivity index (χ4n) is 16.5. The number of fused-ring (bicyclic) bond motifs is 6. The van der Waals surface area contributed by atoms with Gasteiger partial charge in [0, 0.05) is 6.42 Å². The SMILES string of the molecule is COC(=O)C1C2CC(C1C(=O)O)C(C1C(=O)OC(=O)C1C)C2C1C(=O)OC(=O)C1C1C2CC(CC2C(=O)OCCO)C1C1C(=O)OC(=O)C1C1C(C)C2CC(C(=O)OC3CCCO3)C1C2. The standard InChI is InChI=1S/C46H54O19/c1-14-16-9-18(21(10-16)40(52)62-24-5-4-7-60-24)25(14)33-34(44(56)64-43(33)55)27-17-11-19(20(12-17)39(51)61-8-6-47)28(27)35-36(46(58)65-45(35)57)30-23-13-22(31(37(48)49)32(23)41(53)59-3)29(30)26-15(2)38(50)63-42(26)54/h14-36,47H,4-13H2,1-3H3,(H,48,49). The van der Waals surface area contributed by atoms with Gasteiger partial charge in [0.05, 0.1) is 79.5 Å². The molecule has 352 valence electrons. The largest absolute Gasteiger partial charge is 0.481 e. The Balaban J connectivity index is 1.06. The molecule has 10 rings (SSSR count). The van der Waals surface area contributed by atoms with Crippen LogP contribution < -0.4 is 0 Å². The van der Waals surface area contributed by atoms with Crippen LogP contribution in [0.4, 0.5) is 0 Å². The van der Waals surface area contributed by atoms with Crippen molar-refractivity contribution >= 4 is 59.7 Å². The number of hydrogen-bond acceptors (Lipinski definition) is 18. The van der Waals surface area contributed by atoms with Crippen molar-refractivity contribution in [1.29, 1.82) is 0 Å². The average molecular weight is 911 g/mol. The molecule has 0 aromatic heterocycles. The van der Waals surface area contributed by atoms with Gasteiger partial charge >= 0.3 is 59.7 Å². The highest BCUT2D eigenvalue weighted by Crippen LogP contribution is 2.70. The molecular formula is C46H54O19. The van der Waals surface area contributed by atoms with E-state index in [-0.39, 0.29) is 43.6 Å². The van der Waals surface area contributed by atoms with Crippen LogP contribution in [0.2, 0.25) is 0 Å². The van der Waals surface area contributed by atoms with E-state index >= 15 is 0 Å². The zero-order chi connectivity index (χ0) is 46.1. The summed E-state index contributed by atoms with van der Waals surface area (Å²) in [5, 5.41) is 20.1. The van der Waals surface area contributed by atoms with E-state index < -0.39 is 185 Å². The number of aliphatic hydroxyl groups is 1. The number of methoxy groups -OCH3 is 1. The summed E-state index contributed by atoms with van der Waals surface area (Å²) in [5.74, 6) is -28.2. The molecule has 0 spiro atoms. The summed E-state index contributed by atoms with van der Waals surface area (Å²) in [7, 11) is 1.10. The molecule has 23 atom stereocenters. The second kappa shape index (κ2) is 16.2. The van der Waals surface area contributed by atoms with Gasteiger partial charge in [0.1, 0.15) is 6.61 Å². The highest BCUT2D eigenvalue weighted by molar-refractivity contribution is 6.00. The molecule has 0 aromatic rings. The first-order valence-electron chi connectivity index (χ1n) is 23.2. The number of hydrogen-bond donors (Lipinski definition) is 2. The molecular weight excluding hydrogens is 856 g/mol. The molecule has 19 nitrogen and oxygen atoms in total. The number of carbonyl (C=O) groups is 10. The summed E-state index contributed by atoms with van der Waals surface area (Å²) >= 11 is 0. The number of rotatable bonds is 12.